The fourth-order valence-corrected chi connectivity index (χ4v) is 2.18. The molecular formula is C14H18F3N3O2S. The van der Waals surface area contributed by atoms with E-state index in [4.69, 9.17) is 0 Å². The number of nitrogens with zero attached hydrogens (tertiary/aromatic N) is 1. The van der Waals surface area contributed by atoms with E-state index in [0.29, 0.717) is 0 Å². The number of pyridine rings is 1. The molecule has 2 N–H and O–H groups in total. The molecule has 0 aromatic carbocycles. The van der Waals surface area contributed by atoms with Crippen LogP contribution in [0.2, 0.25) is 0 Å². The number of halogens is 3. The molecule has 0 aliphatic carbocycles. The van der Waals surface area contributed by atoms with Crippen LogP contribution >= 0.6 is 11.8 Å². The Hall–Kier alpha value is -1.77. The molecule has 5 nitrogen and oxygen atoms in total. The first-order chi connectivity index (χ1) is 10.4. The van der Waals surface area contributed by atoms with Gasteiger partial charge in [0.2, 0.25) is 5.91 Å². The second kappa shape index (κ2) is 7.20. The van der Waals surface area contributed by atoms with E-state index in [2.05, 4.69) is 15.6 Å². The minimum absolute atomic E-state index is 0.231. The molecule has 1 heterocycles. The summed E-state index contributed by atoms with van der Waals surface area (Å²) in [5.74, 6) is -1.22. The molecule has 2 amide bonds. The van der Waals surface area contributed by atoms with Crippen LogP contribution in [0.5, 0.6) is 0 Å². The largest absolute Gasteiger partial charge is 0.447 e. The summed E-state index contributed by atoms with van der Waals surface area (Å²) in [6.45, 7) is 6.78. The highest BCUT2D eigenvalue weighted by molar-refractivity contribution is 8.00. The zero-order valence-corrected chi connectivity index (χ0v) is 13.9. The molecule has 0 fully saturated rings. The Labute approximate surface area is 136 Å². The highest BCUT2D eigenvalue weighted by atomic mass is 32.2. The minimum atomic E-state index is -4.56. The average Bonchev–Trinajstić information content (AvgIpc) is 2.35. The van der Waals surface area contributed by atoms with Crippen molar-refractivity contribution >= 4 is 23.6 Å². The standard InChI is InChI=1S/C14H18F3N3O2S/c1-8(10(21)20-13(2,3)4)19-11(22)9-6-5-7-18-12(9)23-14(15,16)17/h5-8H,1-4H3,(H,19,22)(H,20,21)/t8-/m1/s1. The summed E-state index contributed by atoms with van der Waals surface area (Å²) < 4.78 is 37.5. The normalized spacial score (nSPS) is 13.3. The number of rotatable bonds is 4. The molecule has 1 aromatic heterocycles. The number of hydrogen-bond acceptors (Lipinski definition) is 4. The number of nitrogens with one attached hydrogen (secondary N) is 2. The van der Waals surface area contributed by atoms with Crippen LogP contribution in [-0.2, 0) is 4.79 Å². The van der Waals surface area contributed by atoms with Gasteiger partial charge in [-0.3, -0.25) is 9.59 Å². The van der Waals surface area contributed by atoms with E-state index >= 15 is 0 Å². The lowest BCUT2D eigenvalue weighted by Crippen LogP contribution is -2.50. The summed E-state index contributed by atoms with van der Waals surface area (Å²) in [5.41, 5.74) is -5.27. The van der Waals surface area contributed by atoms with Crippen LogP contribution in [0.15, 0.2) is 23.4 Å². The molecule has 9 heteroatoms. The smallest absolute Gasteiger partial charge is 0.350 e. The number of thioether (sulfide) groups is 1. The quantitative estimate of drug-likeness (QED) is 0.820. The molecule has 0 saturated carbocycles. The van der Waals surface area contributed by atoms with Crippen LogP contribution in [-0.4, -0.2) is 33.9 Å². The first-order valence-electron chi connectivity index (χ1n) is 6.73. The highest BCUT2D eigenvalue weighted by Crippen LogP contribution is 2.37. The van der Waals surface area contributed by atoms with E-state index in [1.54, 1.807) is 20.8 Å². The lowest BCUT2D eigenvalue weighted by atomic mass is 10.1. The van der Waals surface area contributed by atoms with E-state index < -0.39 is 45.7 Å². The SMILES string of the molecule is C[C@@H](NC(=O)c1cccnc1SC(F)(F)F)C(=O)NC(C)(C)C. The number of carbonyl (C=O) groups is 2. The van der Waals surface area contributed by atoms with Gasteiger partial charge in [0, 0.05) is 23.5 Å². The Morgan fingerprint density at radius 3 is 2.39 bits per heavy atom. The predicted octanol–water partition coefficient (Wildman–Crippen LogP) is 2.73. The van der Waals surface area contributed by atoms with Crippen molar-refractivity contribution in [1.82, 2.24) is 15.6 Å². The Morgan fingerprint density at radius 1 is 1.26 bits per heavy atom. The fraction of sp³-hybridized carbons (Fsp3) is 0.500. The summed E-state index contributed by atoms with van der Waals surface area (Å²) in [6.07, 6.45) is 1.17. The van der Waals surface area contributed by atoms with Crippen molar-refractivity contribution in [3.05, 3.63) is 23.9 Å². The lowest BCUT2D eigenvalue weighted by Gasteiger charge is -2.23. The van der Waals surface area contributed by atoms with Crippen LogP contribution in [0.25, 0.3) is 0 Å². The zero-order chi connectivity index (χ0) is 17.8. The van der Waals surface area contributed by atoms with Gasteiger partial charge in [-0.15, -0.1) is 0 Å². The van der Waals surface area contributed by atoms with Gasteiger partial charge in [0.05, 0.1) is 5.56 Å². The van der Waals surface area contributed by atoms with E-state index in [1.807, 2.05) is 0 Å². The van der Waals surface area contributed by atoms with Crippen molar-refractivity contribution in [2.45, 2.75) is 49.8 Å². The molecular weight excluding hydrogens is 331 g/mol. The van der Waals surface area contributed by atoms with Crippen molar-refractivity contribution in [3.8, 4) is 0 Å². The maximum absolute atomic E-state index is 12.5. The van der Waals surface area contributed by atoms with Gasteiger partial charge in [-0.1, -0.05) is 0 Å². The Morgan fingerprint density at radius 2 is 1.87 bits per heavy atom. The summed E-state index contributed by atoms with van der Waals surface area (Å²) in [6, 6.07) is 1.69. The van der Waals surface area contributed by atoms with Gasteiger partial charge in [0.1, 0.15) is 11.1 Å². The van der Waals surface area contributed by atoms with Crippen LogP contribution < -0.4 is 10.6 Å². The number of hydrogen-bond donors (Lipinski definition) is 2. The monoisotopic (exact) mass is 349 g/mol. The van der Waals surface area contributed by atoms with Gasteiger partial charge >= 0.3 is 5.51 Å². The molecule has 1 aromatic rings. The first-order valence-corrected chi connectivity index (χ1v) is 7.54. The molecule has 0 aliphatic heterocycles. The molecule has 1 atom stereocenters. The van der Waals surface area contributed by atoms with Gasteiger partial charge in [0.15, 0.2) is 0 Å². The third kappa shape index (κ3) is 6.89. The summed E-state index contributed by atoms with van der Waals surface area (Å²) in [5, 5.41) is 4.59. The number of amides is 2. The second-order valence-electron chi connectivity index (χ2n) is 5.84. The summed E-state index contributed by atoms with van der Waals surface area (Å²) >= 11 is -0.471. The molecule has 128 valence electrons. The van der Waals surface area contributed by atoms with E-state index in [1.165, 1.54) is 25.3 Å². The maximum atomic E-state index is 12.5. The molecule has 0 saturated heterocycles. The van der Waals surface area contributed by atoms with Crippen LogP contribution in [0, 0.1) is 0 Å². The zero-order valence-electron chi connectivity index (χ0n) is 13.1. The van der Waals surface area contributed by atoms with E-state index in [0.717, 1.165) is 0 Å². The van der Waals surface area contributed by atoms with Crippen molar-refractivity contribution in [1.29, 1.82) is 0 Å². The molecule has 1 rings (SSSR count). The first kappa shape index (κ1) is 19.3. The lowest BCUT2D eigenvalue weighted by molar-refractivity contribution is -0.124. The van der Waals surface area contributed by atoms with Crippen molar-refractivity contribution in [2.75, 3.05) is 0 Å². The molecule has 0 radical (unpaired) electrons. The fourth-order valence-electron chi connectivity index (χ4n) is 1.57. The Bertz CT molecular complexity index is 585. The molecule has 0 aliphatic rings. The third-order valence-electron chi connectivity index (χ3n) is 2.47. The minimum Gasteiger partial charge on any atom is -0.350 e. The van der Waals surface area contributed by atoms with E-state index in [9.17, 15) is 22.8 Å². The Balaban J connectivity index is 2.84. The van der Waals surface area contributed by atoms with Crippen molar-refractivity contribution in [2.24, 2.45) is 0 Å². The van der Waals surface area contributed by atoms with Gasteiger partial charge in [0.25, 0.3) is 5.91 Å². The van der Waals surface area contributed by atoms with Crippen molar-refractivity contribution in [3.63, 3.8) is 0 Å². The number of aromatic nitrogens is 1. The second-order valence-corrected chi connectivity index (χ2v) is 6.89. The Kier molecular flexibility index (Phi) is 6.04. The molecule has 0 unspecified atom stereocenters. The van der Waals surface area contributed by atoms with Gasteiger partial charge in [-0.05, 0) is 39.8 Å². The van der Waals surface area contributed by atoms with Crippen LogP contribution in [0.4, 0.5) is 13.2 Å². The van der Waals surface area contributed by atoms with Crippen LogP contribution in [0.3, 0.4) is 0 Å². The molecule has 23 heavy (non-hydrogen) atoms. The number of carbonyl (C=O) groups excluding carboxylic acids is 2. The van der Waals surface area contributed by atoms with Crippen LogP contribution in [0.1, 0.15) is 38.1 Å². The molecule has 0 spiro atoms. The van der Waals surface area contributed by atoms with Gasteiger partial charge < -0.3 is 10.6 Å². The predicted molar refractivity (Wildman–Crippen MR) is 81.0 cm³/mol. The van der Waals surface area contributed by atoms with E-state index in [-0.39, 0.29) is 5.56 Å². The third-order valence-corrected chi connectivity index (χ3v) is 3.22. The van der Waals surface area contributed by atoms with Gasteiger partial charge in [-0.2, -0.15) is 13.2 Å². The molecule has 0 bridgehead atoms. The number of alkyl halides is 3. The van der Waals surface area contributed by atoms with Crippen molar-refractivity contribution < 1.29 is 22.8 Å². The average molecular weight is 349 g/mol. The maximum Gasteiger partial charge on any atom is 0.447 e. The topological polar surface area (TPSA) is 71.1 Å². The van der Waals surface area contributed by atoms with Gasteiger partial charge in [-0.25, -0.2) is 4.98 Å². The summed E-state index contributed by atoms with van der Waals surface area (Å²) in [4.78, 5) is 27.6. The highest BCUT2D eigenvalue weighted by Gasteiger charge is 2.32. The summed E-state index contributed by atoms with van der Waals surface area (Å²) in [7, 11) is 0.